The van der Waals surface area contributed by atoms with Gasteiger partial charge in [0.15, 0.2) is 0 Å². The Morgan fingerprint density at radius 3 is 2.19 bits per heavy atom. The SMILES string of the molecule is CCc1nc(CSC2CCCCC2)nc(CC)c1CCN. The summed E-state index contributed by atoms with van der Waals surface area (Å²) in [5.41, 5.74) is 9.47. The first-order chi connectivity index (χ1) is 10.3. The minimum Gasteiger partial charge on any atom is -0.330 e. The van der Waals surface area contributed by atoms with E-state index in [1.807, 2.05) is 0 Å². The summed E-state index contributed by atoms with van der Waals surface area (Å²) in [6, 6.07) is 0. The van der Waals surface area contributed by atoms with Gasteiger partial charge in [0.2, 0.25) is 0 Å². The summed E-state index contributed by atoms with van der Waals surface area (Å²) in [5.74, 6) is 1.99. The third-order valence-electron chi connectivity index (χ3n) is 4.29. The second kappa shape index (κ2) is 8.74. The van der Waals surface area contributed by atoms with Crippen molar-refractivity contribution in [2.24, 2.45) is 5.73 Å². The van der Waals surface area contributed by atoms with Crippen LogP contribution in [0.15, 0.2) is 0 Å². The normalized spacial score (nSPS) is 16.3. The zero-order valence-electron chi connectivity index (χ0n) is 13.5. The Bertz CT molecular complexity index is 417. The van der Waals surface area contributed by atoms with Crippen molar-refractivity contribution >= 4 is 11.8 Å². The molecule has 1 saturated carbocycles. The number of aromatic nitrogens is 2. The van der Waals surface area contributed by atoms with Gasteiger partial charge in [-0.1, -0.05) is 33.1 Å². The van der Waals surface area contributed by atoms with Gasteiger partial charge in [-0.2, -0.15) is 11.8 Å². The Morgan fingerprint density at radius 2 is 1.67 bits per heavy atom. The Morgan fingerprint density at radius 1 is 1.05 bits per heavy atom. The molecule has 0 unspecified atom stereocenters. The molecule has 0 atom stereocenters. The van der Waals surface area contributed by atoms with Gasteiger partial charge in [0.1, 0.15) is 5.82 Å². The molecule has 0 radical (unpaired) electrons. The van der Waals surface area contributed by atoms with Gasteiger partial charge < -0.3 is 5.73 Å². The fourth-order valence-corrected chi connectivity index (χ4v) is 4.33. The van der Waals surface area contributed by atoms with Gasteiger partial charge in [-0.3, -0.25) is 0 Å². The molecule has 1 aliphatic rings. The first-order valence-corrected chi connectivity index (χ1v) is 9.52. The van der Waals surface area contributed by atoms with Gasteiger partial charge in [-0.05, 0) is 44.2 Å². The van der Waals surface area contributed by atoms with Crippen molar-refractivity contribution in [3.63, 3.8) is 0 Å². The number of hydrogen-bond donors (Lipinski definition) is 1. The summed E-state index contributed by atoms with van der Waals surface area (Å²) >= 11 is 2.06. The van der Waals surface area contributed by atoms with E-state index in [2.05, 4.69) is 25.6 Å². The second-order valence-electron chi connectivity index (χ2n) is 5.83. The molecule has 0 amide bonds. The largest absolute Gasteiger partial charge is 0.330 e. The molecule has 1 aromatic heterocycles. The van der Waals surface area contributed by atoms with Crippen molar-refractivity contribution in [2.45, 2.75) is 76.2 Å². The first kappa shape index (κ1) is 16.8. The van der Waals surface area contributed by atoms with Crippen molar-refractivity contribution in [3.8, 4) is 0 Å². The summed E-state index contributed by atoms with van der Waals surface area (Å²) in [7, 11) is 0. The molecule has 1 aliphatic carbocycles. The van der Waals surface area contributed by atoms with E-state index in [-0.39, 0.29) is 0 Å². The lowest BCUT2D eigenvalue weighted by Crippen LogP contribution is -2.14. The standard InChI is InChI=1S/C17H29N3S/c1-3-15-14(10-11-18)16(4-2)20-17(19-15)12-21-13-8-6-5-7-9-13/h13H,3-12,18H2,1-2H3. The second-order valence-corrected chi connectivity index (χ2v) is 7.12. The third kappa shape index (κ3) is 4.68. The van der Waals surface area contributed by atoms with Gasteiger partial charge in [-0.15, -0.1) is 0 Å². The molecular formula is C17H29N3S. The van der Waals surface area contributed by atoms with Gasteiger partial charge in [0, 0.05) is 16.6 Å². The molecule has 1 fully saturated rings. The van der Waals surface area contributed by atoms with Crippen LogP contribution >= 0.6 is 11.8 Å². The molecule has 4 heteroatoms. The lowest BCUT2D eigenvalue weighted by molar-refractivity contribution is 0.516. The summed E-state index contributed by atoms with van der Waals surface area (Å²) in [6.07, 6.45) is 9.82. The molecule has 0 saturated heterocycles. The number of rotatable bonds is 7. The van der Waals surface area contributed by atoms with Crippen LogP contribution in [0.5, 0.6) is 0 Å². The zero-order valence-corrected chi connectivity index (χ0v) is 14.3. The Hall–Kier alpha value is -0.610. The van der Waals surface area contributed by atoms with Crippen LogP contribution in [-0.2, 0) is 25.0 Å². The molecule has 1 heterocycles. The van der Waals surface area contributed by atoms with Crippen LogP contribution in [-0.4, -0.2) is 21.8 Å². The highest BCUT2D eigenvalue weighted by Gasteiger charge is 2.16. The lowest BCUT2D eigenvalue weighted by Gasteiger charge is -2.21. The topological polar surface area (TPSA) is 51.8 Å². The molecule has 0 aliphatic heterocycles. The van der Waals surface area contributed by atoms with Crippen molar-refractivity contribution in [1.29, 1.82) is 0 Å². The summed E-state index contributed by atoms with van der Waals surface area (Å²) in [4.78, 5) is 9.63. The van der Waals surface area contributed by atoms with Crippen molar-refractivity contribution in [1.82, 2.24) is 9.97 Å². The molecule has 0 aromatic carbocycles. The predicted octanol–water partition coefficient (Wildman–Crippen LogP) is 3.67. The Balaban J connectivity index is 2.08. The van der Waals surface area contributed by atoms with Crippen molar-refractivity contribution < 1.29 is 0 Å². The van der Waals surface area contributed by atoms with E-state index in [0.29, 0.717) is 6.54 Å². The van der Waals surface area contributed by atoms with Crippen LogP contribution in [0.3, 0.4) is 0 Å². The molecule has 0 spiro atoms. The van der Waals surface area contributed by atoms with Crippen LogP contribution < -0.4 is 5.73 Å². The molecule has 3 nitrogen and oxygen atoms in total. The van der Waals surface area contributed by atoms with E-state index < -0.39 is 0 Å². The maximum absolute atomic E-state index is 5.74. The first-order valence-electron chi connectivity index (χ1n) is 8.47. The van der Waals surface area contributed by atoms with Crippen molar-refractivity contribution in [3.05, 3.63) is 22.8 Å². The molecule has 118 valence electrons. The Kier molecular flexibility index (Phi) is 6.97. The highest BCUT2D eigenvalue weighted by molar-refractivity contribution is 7.99. The Labute approximate surface area is 133 Å². The van der Waals surface area contributed by atoms with Gasteiger partial charge in [-0.25, -0.2) is 9.97 Å². The molecule has 1 aromatic rings. The highest BCUT2D eigenvalue weighted by atomic mass is 32.2. The molecule has 21 heavy (non-hydrogen) atoms. The average Bonchev–Trinajstić information content (AvgIpc) is 2.54. The van der Waals surface area contributed by atoms with E-state index in [1.54, 1.807) is 0 Å². The average molecular weight is 308 g/mol. The van der Waals surface area contributed by atoms with Gasteiger partial charge in [0.05, 0.1) is 5.75 Å². The monoisotopic (exact) mass is 307 g/mol. The lowest BCUT2D eigenvalue weighted by atomic mass is 10.0. The van der Waals surface area contributed by atoms with Crippen LogP contribution in [0, 0.1) is 0 Å². The number of hydrogen-bond acceptors (Lipinski definition) is 4. The molecular weight excluding hydrogens is 278 g/mol. The van der Waals surface area contributed by atoms with E-state index in [0.717, 1.165) is 36.1 Å². The predicted molar refractivity (Wildman–Crippen MR) is 91.7 cm³/mol. The molecule has 0 bridgehead atoms. The van der Waals surface area contributed by atoms with Crippen LogP contribution in [0.1, 0.15) is 68.7 Å². The smallest absolute Gasteiger partial charge is 0.138 e. The number of aryl methyl sites for hydroxylation is 2. The minimum absolute atomic E-state index is 0.680. The molecule has 2 N–H and O–H groups in total. The quantitative estimate of drug-likeness (QED) is 0.835. The number of thioether (sulfide) groups is 1. The fourth-order valence-electron chi connectivity index (χ4n) is 3.14. The van der Waals surface area contributed by atoms with E-state index in [1.165, 1.54) is 49.1 Å². The molecule has 2 rings (SSSR count). The third-order valence-corrected chi connectivity index (χ3v) is 5.66. The van der Waals surface area contributed by atoms with Crippen LogP contribution in [0.2, 0.25) is 0 Å². The minimum atomic E-state index is 0.680. The highest BCUT2D eigenvalue weighted by Crippen LogP contribution is 2.30. The van der Waals surface area contributed by atoms with Gasteiger partial charge >= 0.3 is 0 Å². The summed E-state index contributed by atoms with van der Waals surface area (Å²) < 4.78 is 0. The van der Waals surface area contributed by atoms with E-state index in [9.17, 15) is 0 Å². The fraction of sp³-hybridized carbons (Fsp3) is 0.765. The van der Waals surface area contributed by atoms with Crippen LogP contribution in [0.25, 0.3) is 0 Å². The zero-order chi connectivity index (χ0) is 15.1. The number of nitrogens with zero attached hydrogens (tertiary/aromatic N) is 2. The van der Waals surface area contributed by atoms with E-state index in [4.69, 9.17) is 15.7 Å². The maximum atomic E-state index is 5.74. The van der Waals surface area contributed by atoms with E-state index >= 15 is 0 Å². The summed E-state index contributed by atoms with van der Waals surface area (Å²) in [5, 5.41) is 0.821. The van der Waals surface area contributed by atoms with Crippen molar-refractivity contribution in [2.75, 3.05) is 6.54 Å². The summed E-state index contributed by atoms with van der Waals surface area (Å²) in [6.45, 7) is 5.04. The maximum Gasteiger partial charge on any atom is 0.138 e. The van der Waals surface area contributed by atoms with Gasteiger partial charge in [0.25, 0.3) is 0 Å². The number of nitrogens with two attached hydrogens (primary N) is 1. The van der Waals surface area contributed by atoms with Crippen LogP contribution in [0.4, 0.5) is 0 Å².